The smallest absolute Gasteiger partial charge is 0.290 e. The minimum Gasteiger partial charge on any atom is -0.483 e. The quantitative estimate of drug-likeness (QED) is 0.569. The average molecular weight is 172 g/mol. The molecule has 0 saturated heterocycles. The van der Waals surface area contributed by atoms with E-state index in [2.05, 4.69) is 4.98 Å². The molecule has 0 saturated carbocycles. The lowest BCUT2D eigenvalue weighted by Crippen LogP contribution is -2.10. The van der Waals surface area contributed by atoms with Crippen molar-refractivity contribution in [3.05, 3.63) is 17.8 Å². The van der Waals surface area contributed by atoms with Crippen LogP contribution in [-0.2, 0) is 4.79 Å². The molecule has 0 aromatic carbocycles. The van der Waals surface area contributed by atoms with Crippen LogP contribution in [0.15, 0.2) is 10.7 Å². The Kier molecular flexibility index (Phi) is 4.13. The minimum atomic E-state index is -0.563. The second kappa shape index (κ2) is 4.89. The fraction of sp³-hybridized carbons (Fsp3) is 0.167. The largest absolute Gasteiger partial charge is 0.483 e. The predicted molar refractivity (Wildman–Crippen MR) is 38.5 cm³/mol. The Morgan fingerprint density at radius 3 is 2.50 bits per heavy atom. The highest BCUT2D eigenvalue weighted by Crippen LogP contribution is 1.97. The van der Waals surface area contributed by atoms with Gasteiger partial charge in [-0.25, -0.2) is 4.98 Å². The van der Waals surface area contributed by atoms with Gasteiger partial charge in [0.15, 0.2) is 11.6 Å². The van der Waals surface area contributed by atoms with Gasteiger partial charge in [0.1, 0.15) is 6.26 Å². The number of hydrogen-bond donors (Lipinski definition) is 2. The molecular formula is C6H8N2O4. The maximum atomic E-state index is 10.3. The van der Waals surface area contributed by atoms with Gasteiger partial charge in [0.2, 0.25) is 0 Å². The third-order valence-electron chi connectivity index (χ3n) is 0.871. The lowest BCUT2D eigenvalue weighted by molar-refractivity contribution is -0.122. The van der Waals surface area contributed by atoms with Gasteiger partial charge >= 0.3 is 0 Å². The van der Waals surface area contributed by atoms with Crippen LogP contribution in [0.1, 0.15) is 16.4 Å². The van der Waals surface area contributed by atoms with Crippen LogP contribution in [0.4, 0.5) is 0 Å². The van der Waals surface area contributed by atoms with E-state index in [-0.39, 0.29) is 12.2 Å². The van der Waals surface area contributed by atoms with E-state index in [0.29, 0.717) is 5.89 Å². The van der Waals surface area contributed by atoms with E-state index in [1.54, 1.807) is 6.92 Å². The second-order valence-corrected chi connectivity index (χ2v) is 1.72. The van der Waals surface area contributed by atoms with Crippen LogP contribution >= 0.6 is 0 Å². The van der Waals surface area contributed by atoms with Crippen LogP contribution in [0.25, 0.3) is 0 Å². The van der Waals surface area contributed by atoms with Crippen LogP contribution in [0.3, 0.4) is 0 Å². The summed E-state index contributed by atoms with van der Waals surface area (Å²) >= 11 is 0. The Morgan fingerprint density at radius 2 is 2.33 bits per heavy atom. The predicted octanol–water partition coefficient (Wildman–Crippen LogP) is -0.217. The summed E-state index contributed by atoms with van der Waals surface area (Å²) in [5.74, 6) is -0.115. The monoisotopic (exact) mass is 172 g/mol. The first kappa shape index (κ1) is 10.2. The number of carboxylic acid groups (broad SMARTS) is 1. The Labute approximate surface area is 68.0 Å². The van der Waals surface area contributed by atoms with Gasteiger partial charge in [-0.05, 0) is 0 Å². The molecule has 0 atom stereocenters. The first-order valence-corrected chi connectivity index (χ1v) is 2.91. The number of amides is 1. The zero-order chi connectivity index (χ0) is 9.56. The van der Waals surface area contributed by atoms with Crippen molar-refractivity contribution in [3.8, 4) is 0 Å². The molecule has 0 radical (unpaired) electrons. The third-order valence-corrected chi connectivity index (χ3v) is 0.871. The average Bonchev–Trinajstić information content (AvgIpc) is 2.37. The van der Waals surface area contributed by atoms with Crippen molar-refractivity contribution in [2.45, 2.75) is 6.92 Å². The van der Waals surface area contributed by atoms with Gasteiger partial charge in [0.05, 0.1) is 0 Å². The van der Waals surface area contributed by atoms with Gasteiger partial charge in [-0.15, -0.1) is 0 Å². The zero-order valence-electron chi connectivity index (χ0n) is 6.35. The summed E-state index contributed by atoms with van der Waals surface area (Å²) in [6.45, 7) is 1.40. The van der Waals surface area contributed by atoms with E-state index < -0.39 is 5.91 Å². The summed E-state index contributed by atoms with van der Waals surface area (Å²) in [5.41, 5.74) is 5.04. The lowest BCUT2D eigenvalue weighted by Gasteiger charge is -1.78. The summed E-state index contributed by atoms with van der Waals surface area (Å²) in [6.07, 6.45) is 1.23. The maximum absolute atomic E-state index is 10.3. The lowest BCUT2D eigenvalue weighted by atomic mass is 10.5. The first-order valence-electron chi connectivity index (χ1n) is 2.91. The Balaban J connectivity index is 0.000000354. The molecule has 0 fully saturated rings. The fourth-order valence-corrected chi connectivity index (χ4v) is 0.477. The molecule has 1 heterocycles. The van der Waals surface area contributed by atoms with Gasteiger partial charge in [0.25, 0.3) is 12.4 Å². The van der Waals surface area contributed by atoms with E-state index in [9.17, 15) is 4.79 Å². The van der Waals surface area contributed by atoms with Gasteiger partial charge in [-0.2, -0.15) is 0 Å². The van der Waals surface area contributed by atoms with E-state index in [0.717, 1.165) is 0 Å². The van der Waals surface area contributed by atoms with E-state index in [1.807, 2.05) is 0 Å². The van der Waals surface area contributed by atoms with E-state index in [4.69, 9.17) is 20.1 Å². The topological polar surface area (TPSA) is 106 Å². The number of carbonyl (C=O) groups is 2. The van der Waals surface area contributed by atoms with Crippen molar-refractivity contribution in [1.82, 2.24) is 4.98 Å². The van der Waals surface area contributed by atoms with E-state index >= 15 is 0 Å². The van der Waals surface area contributed by atoms with Gasteiger partial charge in [-0.3, -0.25) is 9.59 Å². The molecular weight excluding hydrogens is 164 g/mol. The van der Waals surface area contributed by atoms with Crippen molar-refractivity contribution in [2.24, 2.45) is 5.73 Å². The number of primary amides is 1. The molecule has 66 valence electrons. The standard InChI is InChI=1S/C5H6N2O2.CH2O2/c1-3-7-4(2-9-3)5(6)8;2-1-3/h2H,1H3,(H2,6,8);1H,(H,2,3). The Morgan fingerprint density at radius 1 is 1.83 bits per heavy atom. The van der Waals surface area contributed by atoms with Crippen molar-refractivity contribution < 1.29 is 19.1 Å². The molecule has 0 aliphatic carbocycles. The number of aryl methyl sites for hydroxylation is 1. The number of nitrogens with two attached hydrogens (primary N) is 1. The van der Waals surface area contributed by atoms with Gasteiger partial charge < -0.3 is 15.3 Å². The molecule has 1 rings (SSSR count). The molecule has 3 N–H and O–H groups in total. The van der Waals surface area contributed by atoms with Crippen molar-refractivity contribution in [2.75, 3.05) is 0 Å². The number of aromatic nitrogens is 1. The normalized spacial score (nSPS) is 8.08. The van der Waals surface area contributed by atoms with Crippen LogP contribution < -0.4 is 5.73 Å². The molecule has 0 unspecified atom stereocenters. The second-order valence-electron chi connectivity index (χ2n) is 1.72. The highest BCUT2D eigenvalue weighted by Gasteiger charge is 2.03. The van der Waals surface area contributed by atoms with Crippen LogP contribution in [0.5, 0.6) is 0 Å². The zero-order valence-corrected chi connectivity index (χ0v) is 6.35. The third kappa shape index (κ3) is 3.35. The Hall–Kier alpha value is -1.85. The Bertz CT molecular complexity index is 268. The van der Waals surface area contributed by atoms with Gasteiger partial charge in [0, 0.05) is 6.92 Å². The maximum Gasteiger partial charge on any atom is 0.290 e. The molecule has 0 aliphatic heterocycles. The highest BCUT2D eigenvalue weighted by atomic mass is 16.3. The van der Waals surface area contributed by atoms with Crippen molar-refractivity contribution in [1.29, 1.82) is 0 Å². The van der Waals surface area contributed by atoms with Crippen LogP contribution in [0, 0.1) is 6.92 Å². The first-order chi connectivity index (χ1) is 5.61. The molecule has 1 aromatic heterocycles. The SMILES string of the molecule is Cc1nc(C(N)=O)co1.O=CO. The molecule has 1 aromatic rings. The molecule has 6 nitrogen and oxygen atoms in total. The molecule has 0 spiro atoms. The van der Waals surface area contributed by atoms with Crippen molar-refractivity contribution in [3.63, 3.8) is 0 Å². The number of hydrogen-bond acceptors (Lipinski definition) is 4. The van der Waals surface area contributed by atoms with E-state index in [1.165, 1.54) is 6.26 Å². The summed E-state index contributed by atoms with van der Waals surface area (Å²) in [5, 5.41) is 6.89. The van der Waals surface area contributed by atoms with Crippen molar-refractivity contribution >= 4 is 12.4 Å². The number of nitrogens with zero attached hydrogens (tertiary/aromatic N) is 1. The number of rotatable bonds is 1. The fourth-order valence-electron chi connectivity index (χ4n) is 0.477. The number of carbonyl (C=O) groups excluding carboxylic acids is 1. The minimum absolute atomic E-state index is 0.174. The molecule has 0 bridgehead atoms. The van der Waals surface area contributed by atoms with Gasteiger partial charge in [-0.1, -0.05) is 0 Å². The molecule has 1 amide bonds. The highest BCUT2D eigenvalue weighted by molar-refractivity contribution is 5.90. The van der Waals surface area contributed by atoms with Crippen LogP contribution in [0.2, 0.25) is 0 Å². The molecule has 12 heavy (non-hydrogen) atoms. The summed E-state index contributed by atoms with van der Waals surface area (Å²) < 4.78 is 4.71. The number of oxazole rings is 1. The summed E-state index contributed by atoms with van der Waals surface area (Å²) in [7, 11) is 0. The molecule has 6 heteroatoms. The van der Waals surface area contributed by atoms with Crippen LogP contribution in [-0.4, -0.2) is 22.5 Å². The summed E-state index contributed by atoms with van der Waals surface area (Å²) in [4.78, 5) is 22.3. The molecule has 0 aliphatic rings. The summed E-state index contributed by atoms with van der Waals surface area (Å²) in [6, 6.07) is 0.